The zero-order valence-corrected chi connectivity index (χ0v) is 18.6. The molecule has 2 rings (SSSR count). The van der Waals surface area contributed by atoms with Crippen LogP contribution in [0.15, 0.2) is 42.5 Å². The minimum Gasteiger partial charge on any atom is -0.497 e. The predicted molar refractivity (Wildman–Crippen MR) is 116 cm³/mol. The summed E-state index contributed by atoms with van der Waals surface area (Å²) in [5.41, 5.74) is 1.60. The molecule has 0 saturated carbocycles. The van der Waals surface area contributed by atoms with Crippen molar-refractivity contribution in [2.75, 3.05) is 7.11 Å². The molecule has 1 atom stereocenters. The lowest BCUT2D eigenvalue weighted by Crippen LogP contribution is -2.49. The highest BCUT2D eigenvalue weighted by Gasteiger charge is 2.26. The first-order valence-corrected chi connectivity index (χ1v) is 10.1. The first-order chi connectivity index (χ1) is 13.7. The van der Waals surface area contributed by atoms with Crippen molar-refractivity contribution in [3.05, 3.63) is 63.6 Å². The average molecular weight is 437 g/mol. The van der Waals surface area contributed by atoms with Crippen LogP contribution < -0.4 is 10.1 Å². The van der Waals surface area contributed by atoms with Gasteiger partial charge in [-0.15, -0.1) is 0 Å². The number of ether oxygens (including phenoxy) is 1. The maximum Gasteiger partial charge on any atom is 0.242 e. The molecule has 0 radical (unpaired) electrons. The molecule has 0 aliphatic rings. The SMILES string of the molecule is COc1cccc(CN(C(=O)Cc2ccc(Cl)c(Cl)c2)[C@H](C)C(=O)NC(C)C)c1. The maximum atomic E-state index is 13.1. The zero-order chi connectivity index (χ0) is 21.6. The fourth-order valence-electron chi connectivity index (χ4n) is 2.88. The van der Waals surface area contributed by atoms with E-state index >= 15 is 0 Å². The van der Waals surface area contributed by atoms with Gasteiger partial charge in [-0.25, -0.2) is 0 Å². The summed E-state index contributed by atoms with van der Waals surface area (Å²) in [6, 6.07) is 11.9. The van der Waals surface area contributed by atoms with E-state index in [2.05, 4.69) is 5.32 Å². The van der Waals surface area contributed by atoms with Crippen molar-refractivity contribution in [2.24, 2.45) is 0 Å². The van der Waals surface area contributed by atoms with Crippen LogP contribution in [0, 0.1) is 0 Å². The second-order valence-electron chi connectivity index (χ2n) is 7.14. The van der Waals surface area contributed by atoms with Gasteiger partial charge in [0.1, 0.15) is 11.8 Å². The molecule has 0 saturated heterocycles. The van der Waals surface area contributed by atoms with E-state index in [1.165, 1.54) is 0 Å². The molecule has 0 fully saturated rings. The van der Waals surface area contributed by atoms with E-state index in [1.54, 1.807) is 37.1 Å². The first-order valence-electron chi connectivity index (χ1n) is 9.38. The molecule has 2 amide bonds. The van der Waals surface area contributed by atoms with Crippen LogP contribution in [0.2, 0.25) is 10.0 Å². The van der Waals surface area contributed by atoms with Crippen LogP contribution in [0.4, 0.5) is 0 Å². The van der Waals surface area contributed by atoms with Crippen LogP contribution >= 0.6 is 23.2 Å². The second kappa shape index (κ2) is 10.5. The van der Waals surface area contributed by atoms with Gasteiger partial charge in [-0.3, -0.25) is 9.59 Å². The van der Waals surface area contributed by atoms with E-state index in [0.717, 1.165) is 11.1 Å². The van der Waals surface area contributed by atoms with Crippen LogP contribution in [0.25, 0.3) is 0 Å². The van der Waals surface area contributed by atoms with Gasteiger partial charge in [-0.2, -0.15) is 0 Å². The molecule has 0 unspecified atom stereocenters. The number of carbonyl (C=O) groups is 2. The quantitative estimate of drug-likeness (QED) is 0.662. The molecule has 0 spiro atoms. The Morgan fingerprint density at radius 1 is 1.03 bits per heavy atom. The van der Waals surface area contributed by atoms with Crippen molar-refractivity contribution in [1.29, 1.82) is 0 Å². The van der Waals surface area contributed by atoms with Gasteiger partial charge >= 0.3 is 0 Å². The zero-order valence-electron chi connectivity index (χ0n) is 17.0. The van der Waals surface area contributed by atoms with Gasteiger partial charge in [0.2, 0.25) is 11.8 Å². The lowest BCUT2D eigenvalue weighted by Gasteiger charge is -2.29. The average Bonchev–Trinajstić information content (AvgIpc) is 2.68. The van der Waals surface area contributed by atoms with Crippen molar-refractivity contribution in [3.63, 3.8) is 0 Å². The second-order valence-corrected chi connectivity index (χ2v) is 7.95. The van der Waals surface area contributed by atoms with E-state index in [0.29, 0.717) is 15.8 Å². The molecule has 2 aromatic carbocycles. The van der Waals surface area contributed by atoms with Gasteiger partial charge in [0.15, 0.2) is 0 Å². The summed E-state index contributed by atoms with van der Waals surface area (Å²) in [5, 5.41) is 3.69. The Balaban J connectivity index is 2.27. The molecule has 1 N–H and O–H groups in total. The van der Waals surface area contributed by atoms with E-state index in [9.17, 15) is 9.59 Å². The maximum absolute atomic E-state index is 13.1. The third kappa shape index (κ3) is 6.65. The number of hydrogen-bond acceptors (Lipinski definition) is 3. The van der Waals surface area contributed by atoms with Gasteiger partial charge in [0.25, 0.3) is 0 Å². The van der Waals surface area contributed by atoms with E-state index in [-0.39, 0.29) is 30.8 Å². The topological polar surface area (TPSA) is 58.6 Å². The van der Waals surface area contributed by atoms with Crippen molar-refractivity contribution in [3.8, 4) is 5.75 Å². The van der Waals surface area contributed by atoms with Crippen LogP contribution in [0.5, 0.6) is 5.75 Å². The highest BCUT2D eigenvalue weighted by Crippen LogP contribution is 2.23. The number of benzene rings is 2. The Kier molecular flexibility index (Phi) is 8.35. The van der Waals surface area contributed by atoms with E-state index < -0.39 is 6.04 Å². The Hall–Kier alpha value is -2.24. The largest absolute Gasteiger partial charge is 0.497 e. The Bertz CT molecular complexity index is 871. The molecule has 0 aromatic heterocycles. The number of methoxy groups -OCH3 is 1. The van der Waals surface area contributed by atoms with Gasteiger partial charge < -0.3 is 15.0 Å². The number of amides is 2. The minimum atomic E-state index is -0.640. The van der Waals surface area contributed by atoms with Crippen LogP contribution in [-0.2, 0) is 22.6 Å². The first kappa shape index (κ1) is 23.0. The summed E-state index contributed by atoms with van der Waals surface area (Å²) < 4.78 is 5.27. The summed E-state index contributed by atoms with van der Waals surface area (Å²) in [4.78, 5) is 27.3. The molecule has 7 heteroatoms. The Labute approximate surface area is 181 Å². The summed E-state index contributed by atoms with van der Waals surface area (Å²) in [6.07, 6.45) is 0.111. The van der Waals surface area contributed by atoms with Gasteiger partial charge in [-0.1, -0.05) is 41.4 Å². The van der Waals surface area contributed by atoms with Gasteiger partial charge in [0.05, 0.1) is 23.6 Å². The molecule has 0 aliphatic heterocycles. The fraction of sp³-hybridized carbons (Fsp3) is 0.364. The number of hydrogen-bond donors (Lipinski definition) is 1. The molecule has 5 nitrogen and oxygen atoms in total. The van der Waals surface area contributed by atoms with E-state index in [1.807, 2.05) is 38.1 Å². The Morgan fingerprint density at radius 3 is 2.38 bits per heavy atom. The number of carbonyl (C=O) groups excluding carboxylic acids is 2. The van der Waals surface area contributed by atoms with Crippen molar-refractivity contribution in [2.45, 2.75) is 45.8 Å². The number of nitrogens with zero attached hydrogens (tertiary/aromatic N) is 1. The number of nitrogens with one attached hydrogen (secondary N) is 1. The molecule has 0 bridgehead atoms. The van der Waals surface area contributed by atoms with Crippen LogP contribution in [0.1, 0.15) is 31.9 Å². The number of rotatable bonds is 8. The van der Waals surface area contributed by atoms with Gasteiger partial charge in [0, 0.05) is 12.6 Å². The molecule has 29 heavy (non-hydrogen) atoms. The summed E-state index contributed by atoms with van der Waals surface area (Å²) >= 11 is 12.0. The smallest absolute Gasteiger partial charge is 0.242 e. The van der Waals surface area contributed by atoms with Crippen molar-refractivity contribution < 1.29 is 14.3 Å². The lowest BCUT2D eigenvalue weighted by molar-refractivity contribution is -0.140. The molecular formula is C22H26Cl2N2O3. The van der Waals surface area contributed by atoms with Crippen LogP contribution in [0.3, 0.4) is 0 Å². The molecule has 0 aliphatic carbocycles. The third-order valence-corrected chi connectivity index (χ3v) is 5.16. The highest BCUT2D eigenvalue weighted by molar-refractivity contribution is 6.42. The van der Waals surface area contributed by atoms with E-state index in [4.69, 9.17) is 27.9 Å². The minimum absolute atomic E-state index is 0.0196. The molecule has 156 valence electrons. The van der Waals surface area contributed by atoms with Gasteiger partial charge in [-0.05, 0) is 56.2 Å². The monoisotopic (exact) mass is 436 g/mol. The molecule has 0 heterocycles. The predicted octanol–water partition coefficient (Wildman–Crippen LogP) is 4.49. The summed E-state index contributed by atoms with van der Waals surface area (Å²) in [6.45, 7) is 5.78. The lowest BCUT2D eigenvalue weighted by atomic mass is 10.1. The normalized spacial score (nSPS) is 11.8. The van der Waals surface area contributed by atoms with Crippen molar-refractivity contribution >= 4 is 35.0 Å². The highest BCUT2D eigenvalue weighted by atomic mass is 35.5. The van der Waals surface area contributed by atoms with Crippen molar-refractivity contribution in [1.82, 2.24) is 10.2 Å². The Morgan fingerprint density at radius 2 is 1.76 bits per heavy atom. The molecular weight excluding hydrogens is 411 g/mol. The number of halogens is 2. The standard InChI is InChI=1S/C22H26Cl2N2O3/c1-14(2)25-22(28)15(3)26(13-17-6-5-7-18(10-17)29-4)21(27)12-16-8-9-19(23)20(24)11-16/h5-11,14-15H,12-13H2,1-4H3,(H,25,28)/t15-/m1/s1. The summed E-state index contributed by atoms with van der Waals surface area (Å²) in [5.74, 6) is 0.307. The third-order valence-electron chi connectivity index (χ3n) is 4.42. The fourth-order valence-corrected chi connectivity index (χ4v) is 3.20. The summed E-state index contributed by atoms with van der Waals surface area (Å²) in [7, 11) is 1.59. The van der Waals surface area contributed by atoms with Crippen LogP contribution in [-0.4, -0.2) is 35.9 Å². The molecule has 2 aromatic rings.